The third-order valence-corrected chi connectivity index (χ3v) is 5.41. The van der Waals surface area contributed by atoms with Gasteiger partial charge in [-0.15, -0.1) is 11.3 Å². The van der Waals surface area contributed by atoms with Crippen molar-refractivity contribution in [3.8, 4) is 0 Å². The summed E-state index contributed by atoms with van der Waals surface area (Å²) >= 11 is 5.23. The summed E-state index contributed by atoms with van der Waals surface area (Å²) in [6.45, 7) is 4.12. The number of aryl methyl sites for hydroxylation is 2. The number of hydrogen-bond donors (Lipinski definition) is 1. The zero-order valence-corrected chi connectivity index (χ0v) is 13.8. The van der Waals surface area contributed by atoms with Crippen molar-refractivity contribution in [3.05, 3.63) is 68.5 Å². The first kappa shape index (κ1) is 13.8. The highest BCUT2D eigenvalue weighted by Crippen LogP contribution is 2.37. The Hall–Kier alpha value is -1.16. The summed E-state index contributed by atoms with van der Waals surface area (Å²) in [7, 11) is 0. The molecule has 3 heteroatoms. The lowest BCUT2D eigenvalue weighted by Gasteiger charge is -2.12. The molecule has 0 saturated carbocycles. The molecule has 0 radical (unpaired) electrons. The van der Waals surface area contributed by atoms with Gasteiger partial charge in [0, 0.05) is 14.7 Å². The van der Waals surface area contributed by atoms with Crippen LogP contribution >= 0.6 is 27.3 Å². The van der Waals surface area contributed by atoms with Crippen LogP contribution in [-0.2, 0) is 0 Å². The molecule has 3 aromatic rings. The zero-order valence-electron chi connectivity index (χ0n) is 11.4. The molecule has 1 nitrogen and oxygen atoms in total. The Bertz CT molecular complexity index is 756. The molecule has 0 aliphatic heterocycles. The van der Waals surface area contributed by atoms with E-state index < -0.39 is 6.10 Å². The van der Waals surface area contributed by atoms with Crippen LogP contribution in [0.15, 0.2) is 46.3 Å². The monoisotopic (exact) mass is 346 g/mol. The van der Waals surface area contributed by atoms with Crippen molar-refractivity contribution >= 4 is 37.4 Å². The summed E-state index contributed by atoms with van der Waals surface area (Å²) in [6, 6.07) is 12.3. The number of hydrogen-bond acceptors (Lipinski definition) is 2. The normalized spacial score (nSPS) is 12.8. The van der Waals surface area contributed by atoms with Crippen molar-refractivity contribution in [1.82, 2.24) is 0 Å². The van der Waals surface area contributed by atoms with Crippen LogP contribution in [0.4, 0.5) is 0 Å². The second-order valence-electron chi connectivity index (χ2n) is 5.13. The van der Waals surface area contributed by atoms with Gasteiger partial charge in [-0.1, -0.05) is 41.5 Å². The Balaban J connectivity index is 2.13. The number of thiophene rings is 1. The van der Waals surface area contributed by atoms with Crippen LogP contribution in [0.25, 0.3) is 10.1 Å². The molecule has 0 aliphatic carbocycles. The summed E-state index contributed by atoms with van der Waals surface area (Å²) in [5.74, 6) is 0. The first-order valence-electron chi connectivity index (χ1n) is 6.48. The maximum Gasteiger partial charge on any atom is 0.105 e. The molecule has 0 saturated heterocycles. The van der Waals surface area contributed by atoms with Gasteiger partial charge in [0.2, 0.25) is 0 Å². The van der Waals surface area contributed by atoms with Gasteiger partial charge in [-0.25, -0.2) is 0 Å². The second kappa shape index (κ2) is 5.32. The highest BCUT2D eigenvalue weighted by atomic mass is 79.9. The minimum absolute atomic E-state index is 0.573. The van der Waals surface area contributed by atoms with Gasteiger partial charge in [0.1, 0.15) is 6.10 Å². The summed E-state index contributed by atoms with van der Waals surface area (Å²) in [5.41, 5.74) is 4.30. The SMILES string of the molecule is Cc1cc(C)cc(C(O)c2csc3c(Br)cccc23)c1. The fourth-order valence-electron chi connectivity index (χ4n) is 2.60. The predicted molar refractivity (Wildman–Crippen MR) is 89.5 cm³/mol. The van der Waals surface area contributed by atoms with Crippen LogP contribution in [-0.4, -0.2) is 5.11 Å². The van der Waals surface area contributed by atoms with E-state index in [1.54, 1.807) is 11.3 Å². The van der Waals surface area contributed by atoms with E-state index in [1.165, 1.54) is 15.8 Å². The Morgan fingerprint density at radius 1 is 1.10 bits per heavy atom. The van der Waals surface area contributed by atoms with Gasteiger partial charge in [-0.2, -0.15) is 0 Å². The molecule has 0 spiro atoms. The Morgan fingerprint density at radius 2 is 1.80 bits per heavy atom. The summed E-state index contributed by atoms with van der Waals surface area (Å²) < 4.78 is 2.27. The van der Waals surface area contributed by atoms with Crippen molar-refractivity contribution in [3.63, 3.8) is 0 Å². The standard InChI is InChI=1S/C17H15BrOS/c1-10-6-11(2)8-12(7-10)16(19)14-9-20-17-13(14)4-3-5-15(17)18/h3-9,16,19H,1-2H3. The average molecular weight is 347 g/mol. The molecule has 1 heterocycles. The van der Waals surface area contributed by atoms with Crippen LogP contribution in [0.2, 0.25) is 0 Å². The molecule has 1 N–H and O–H groups in total. The van der Waals surface area contributed by atoms with E-state index in [1.807, 2.05) is 12.1 Å². The number of rotatable bonds is 2. The largest absolute Gasteiger partial charge is 0.384 e. The molecular formula is C17H15BrOS. The van der Waals surface area contributed by atoms with Crippen LogP contribution in [0, 0.1) is 13.8 Å². The van der Waals surface area contributed by atoms with Crippen LogP contribution < -0.4 is 0 Å². The van der Waals surface area contributed by atoms with E-state index in [0.717, 1.165) is 21.0 Å². The molecule has 20 heavy (non-hydrogen) atoms. The van der Waals surface area contributed by atoms with Crippen molar-refractivity contribution < 1.29 is 5.11 Å². The number of halogens is 1. The molecule has 1 aromatic heterocycles. The van der Waals surface area contributed by atoms with Gasteiger partial charge < -0.3 is 5.11 Å². The van der Waals surface area contributed by atoms with E-state index in [0.29, 0.717) is 0 Å². The van der Waals surface area contributed by atoms with E-state index in [-0.39, 0.29) is 0 Å². The molecule has 102 valence electrons. The quantitative estimate of drug-likeness (QED) is 0.661. The molecule has 2 aromatic carbocycles. The summed E-state index contributed by atoms with van der Waals surface area (Å²) in [4.78, 5) is 0. The molecular weight excluding hydrogens is 332 g/mol. The molecule has 3 rings (SSSR count). The van der Waals surface area contributed by atoms with Gasteiger partial charge in [0.25, 0.3) is 0 Å². The predicted octanol–water partition coefficient (Wildman–Crippen LogP) is 5.36. The molecule has 1 unspecified atom stereocenters. The third-order valence-electron chi connectivity index (χ3n) is 3.44. The first-order valence-corrected chi connectivity index (χ1v) is 8.15. The minimum Gasteiger partial charge on any atom is -0.384 e. The first-order chi connectivity index (χ1) is 9.56. The Kier molecular flexibility index (Phi) is 3.67. The number of fused-ring (bicyclic) bond motifs is 1. The van der Waals surface area contributed by atoms with E-state index >= 15 is 0 Å². The lowest BCUT2D eigenvalue weighted by atomic mass is 9.98. The summed E-state index contributed by atoms with van der Waals surface area (Å²) in [6.07, 6.45) is -0.573. The van der Waals surface area contributed by atoms with Crippen molar-refractivity contribution in [2.75, 3.05) is 0 Å². The molecule has 0 amide bonds. The lowest BCUT2D eigenvalue weighted by molar-refractivity contribution is 0.222. The van der Waals surface area contributed by atoms with Gasteiger partial charge in [-0.05, 0) is 52.2 Å². The topological polar surface area (TPSA) is 20.2 Å². The number of aliphatic hydroxyl groups is 1. The molecule has 0 aliphatic rings. The summed E-state index contributed by atoms with van der Waals surface area (Å²) in [5, 5.41) is 13.9. The Morgan fingerprint density at radius 3 is 2.50 bits per heavy atom. The van der Waals surface area contributed by atoms with Crippen LogP contribution in [0.3, 0.4) is 0 Å². The average Bonchev–Trinajstić information content (AvgIpc) is 2.82. The number of aliphatic hydroxyl groups excluding tert-OH is 1. The van der Waals surface area contributed by atoms with E-state index in [9.17, 15) is 5.11 Å². The van der Waals surface area contributed by atoms with Gasteiger partial charge in [-0.3, -0.25) is 0 Å². The maximum absolute atomic E-state index is 10.7. The van der Waals surface area contributed by atoms with Gasteiger partial charge >= 0.3 is 0 Å². The second-order valence-corrected chi connectivity index (χ2v) is 6.87. The minimum atomic E-state index is -0.573. The third kappa shape index (κ3) is 2.41. The highest BCUT2D eigenvalue weighted by Gasteiger charge is 2.16. The highest BCUT2D eigenvalue weighted by molar-refractivity contribution is 9.10. The molecule has 0 bridgehead atoms. The van der Waals surface area contributed by atoms with Crippen LogP contribution in [0.5, 0.6) is 0 Å². The smallest absolute Gasteiger partial charge is 0.105 e. The fraction of sp³-hybridized carbons (Fsp3) is 0.176. The Labute approximate surface area is 131 Å². The van der Waals surface area contributed by atoms with E-state index in [2.05, 4.69) is 59.4 Å². The van der Waals surface area contributed by atoms with Crippen molar-refractivity contribution in [2.45, 2.75) is 20.0 Å². The fourth-order valence-corrected chi connectivity index (χ4v) is 4.24. The lowest BCUT2D eigenvalue weighted by Crippen LogP contribution is -1.99. The van der Waals surface area contributed by atoms with Crippen molar-refractivity contribution in [1.29, 1.82) is 0 Å². The zero-order chi connectivity index (χ0) is 14.3. The van der Waals surface area contributed by atoms with Crippen LogP contribution in [0.1, 0.15) is 28.4 Å². The number of benzene rings is 2. The van der Waals surface area contributed by atoms with Crippen molar-refractivity contribution in [2.24, 2.45) is 0 Å². The molecule has 0 fully saturated rings. The van der Waals surface area contributed by atoms with Gasteiger partial charge in [0.15, 0.2) is 0 Å². The van der Waals surface area contributed by atoms with E-state index in [4.69, 9.17) is 0 Å². The molecule has 1 atom stereocenters. The van der Waals surface area contributed by atoms with Gasteiger partial charge in [0.05, 0.1) is 0 Å². The maximum atomic E-state index is 10.7.